The summed E-state index contributed by atoms with van der Waals surface area (Å²) in [6.45, 7) is 7.91. The molecule has 0 saturated heterocycles. The Kier molecular flexibility index (Phi) is 7.73. The van der Waals surface area contributed by atoms with Crippen LogP contribution >= 0.6 is 12.4 Å². The third-order valence-corrected chi connectivity index (χ3v) is 5.63. The third-order valence-electron chi connectivity index (χ3n) is 4.09. The Hall–Kier alpha value is -1.08. The fourth-order valence-electron chi connectivity index (χ4n) is 2.69. The van der Waals surface area contributed by atoms with Crippen molar-refractivity contribution in [3.05, 3.63) is 34.9 Å². The number of hydrogen-bond donors (Lipinski definition) is 2. The van der Waals surface area contributed by atoms with Crippen molar-refractivity contribution in [2.45, 2.75) is 38.0 Å². The highest BCUT2D eigenvalue weighted by Gasteiger charge is 2.21. The first kappa shape index (κ1) is 21.0. The molecule has 24 heavy (non-hydrogen) atoms. The topological polar surface area (TPSA) is 67.4 Å². The van der Waals surface area contributed by atoms with Crippen molar-refractivity contribution >= 4 is 22.4 Å². The van der Waals surface area contributed by atoms with Gasteiger partial charge in [-0.25, -0.2) is 13.1 Å². The summed E-state index contributed by atoms with van der Waals surface area (Å²) < 4.78 is 33.5. The number of sulfonamides is 1. The molecular formula is C17H27ClN2O3S. The molecule has 0 amide bonds. The largest absolute Gasteiger partial charge is 0.496 e. The average molecular weight is 375 g/mol. The first-order valence-corrected chi connectivity index (χ1v) is 9.40. The molecule has 1 aromatic rings. The summed E-state index contributed by atoms with van der Waals surface area (Å²) in [5.41, 5.74) is 2.72. The Labute approximate surface area is 151 Å². The van der Waals surface area contributed by atoms with Gasteiger partial charge in [-0.15, -0.1) is 12.4 Å². The number of aryl methyl sites for hydroxylation is 1. The van der Waals surface area contributed by atoms with Crippen LogP contribution < -0.4 is 14.8 Å². The molecule has 1 aromatic carbocycles. The molecular weight excluding hydrogens is 348 g/mol. The second-order valence-electron chi connectivity index (χ2n) is 6.16. The summed E-state index contributed by atoms with van der Waals surface area (Å²) in [5, 5.41) is 3.22. The third kappa shape index (κ3) is 4.96. The maximum Gasteiger partial charge on any atom is 0.241 e. The fourth-order valence-corrected chi connectivity index (χ4v) is 3.99. The van der Waals surface area contributed by atoms with Gasteiger partial charge in [-0.1, -0.05) is 25.5 Å². The van der Waals surface area contributed by atoms with Crippen LogP contribution in [0.5, 0.6) is 5.75 Å². The van der Waals surface area contributed by atoms with Crippen molar-refractivity contribution < 1.29 is 13.2 Å². The number of ether oxygens (including phenoxy) is 1. The zero-order valence-corrected chi connectivity index (χ0v) is 16.3. The summed E-state index contributed by atoms with van der Waals surface area (Å²) in [4.78, 5) is 0.330. The predicted molar refractivity (Wildman–Crippen MR) is 99.8 cm³/mol. The van der Waals surface area contributed by atoms with Crippen molar-refractivity contribution in [3.8, 4) is 5.75 Å². The number of hydrogen-bond acceptors (Lipinski definition) is 4. The molecule has 0 spiro atoms. The molecule has 7 heteroatoms. The molecule has 1 heterocycles. The molecule has 1 aliphatic rings. The molecule has 1 aliphatic heterocycles. The lowest BCUT2D eigenvalue weighted by atomic mass is 10.0. The molecule has 0 radical (unpaired) electrons. The van der Waals surface area contributed by atoms with E-state index in [4.69, 9.17) is 4.74 Å². The van der Waals surface area contributed by atoms with E-state index in [1.54, 1.807) is 26.2 Å². The van der Waals surface area contributed by atoms with Crippen LogP contribution in [0.4, 0.5) is 0 Å². The van der Waals surface area contributed by atoms with E-state index in [0.29, 0.717) is 17.0 Å². The normalized spacial score (nSPS) is 15.0. The zero-order valence-electron chi connectivity index (χ0n) is 14.7. The first-order valence-electron chi connectivity index (χ1n) is 7.92. The van der Waals surface area contributed by atoms with Gasteiger partial charge in [0.2, 0.25) is 10.0 Å². The van der Waals surface area contributed by atoms with Gasteiger partial charge in [0, 0.05) is 13.1 Å². The minimum Gasteiger partial charge on any atom is -0.496 e. The summed E-state index contributed by atoms with van der Waals surface area (Å²) in [6.07, 6.45) is 2.92. The highest BCUT2D eigenvalue weighted by molar-refractivity contribution is 7.89. The Morgan fingerprint density at radius 3 is 2.58 bits per heavy atom. The molecule has 2 rings (SSSR count). The lowest BCUT2D eigenvalue weighted by molar-refractivity contribution is 0.406. The maximum absolute atomic E-state index is 12.7. The van der Waals surface area contributed by atoms with Gasteiger partial charge in [0.1, 0.15) is 5.75 Å². The van der Waals surface area contributed by atoms with Gasteiger partial charge in [0.05, 0.1) is 12.0 Å². The van der Waals surface area contributed by atoms with Crippen LogP contribution in [0.25, 0.3) is 0 Å². The van der Waals surface area contributed by atoms with Crippen molar-refractivity contribution in [2.75, 3.05) is 26.7 Å². The number of nitrogens with one attached hydrogen (secondary N) is 2. The Morgan fingerprint density at radius 2 is 2.04 bits per heavy atom. The van der Waals surface area contributed by atoms with E-state index in [2.05, 4.69) is 10.0 Å². The molecule has 0 saturated carbocycles. The monoisotopic (exact) mass is 374 g/mol. The second-order valence-corrected chi connectivity index (χ2v) is 7.89. The summed E-state index contributed by atoms with van der Waals surface area (Å²) >= 11 is 0. The number of benzene rings is 1. The van der Waals surface area contributed by atoms with Gasteiger partial charge in [-0.2, -0.15) is 0 Å². The number of methoxy groups -OCH3 is 1. The second kappa shape index (κ2) is 8.85. The lowest BCUT2D eigenvalue weighted by Crippen LogP contribution is -2.30. The Bertz CT molecular complexity index is 700. The van der Waals surface area contributed by atoms with E-state index < -0.39 is 10.0 Å². The van der Waals surface area contributed by atoms with Crippen LogP contribution in [0.1, 0.15) is 37.3 Å². The predicted octanol–water partition coefficient (Wildman–Crippen LogP) is 2.75. The average Bonchev–Trinajstić information content (AvgIpc) is 2.53. The molecule has 0 atom stereocenters. The van der Waals surface area contributed by atoms with Crippen molar-refractivity contribution in [2.24, 2.45) is 0 Å². The van der Waals surface area contributed by atoms with E-state index in [1.807, 2.05) is 19.9 Å². The molecule has 0 fully saturated rings. The highest BCUT2D eigenvalue weighted by atomic mass is 35.5. The van der Waals surface area contributed by atoms with Crippen molar-refractivity contribution in [1.29, 1.82) is 0 Å². The SMILES string of the molecule is COc1cc(C)c(S(=O)(=O)NCC2=CCNCC2)cc1C(C)C.Cl. The number of halogens is 1. The van der Waals surface area contributed by atoms with Crippen LogP contribution in [0, 0.1) is 6.92 Å². The van der Waals surface area contributed by atoms with E-state index in [1.165, 1.54) is 0 Å². The number of rotatable bonds is 6. The minimum atomic E-state index is -3.54. The van der Waals surface area contributed by atoms with Gasteiger partial charge in [0.15, 0.2) is 0 Å². The maximum atomic E-state index is 12.7. The van der Waals surface area contributed by atoms with Gasteiger partial charge in [-0.3, -0.25) is 0 Å². The minimum absolute atomic E-state index is 0. The molecule has 0 unspecified atom stereocenters. The molecule has 5 nitrogen and oxygen atoms in total. The van der Waals surface area contributed by atoms with Crippen molar-refractivity contribution in [1.82, 2.24) is 10.0 Å². The van der Waals surface area contributed by atoms with Gasteiger partial charge < -0.3 is 10.1 Å². The Morgan fingerprint density at radius 1 is 1.33 bits per heavy atom. The quantitative estimate of drug-likeness (QED) is 0.751. The lowest BCUT2D eigenvalue weighted by Gasteiger charge is -2.18. The van der Waals surface area contributed by atoms with Crippen LogP contribution in [0.3, 0.4) is 0 Å². The van der Waals surface area contributed by atoms with Gasteiger partial charge in [-0.05, 0) is 49.1 Å². The standard InChI is InChI=1S/C17H26N2O3S.ClH/c1-12(2)15-10-17(13(3)9-16(15)22-4)23(20,21)19-11-14-5-7-18-8-6-14;/h5,9-10,12,18-19H,6-8,11H2,1-4H3;1H. The zero-order chi connectivity index (χ0) is 17.0. The molecule has 0 aliphatic carbocycles. The van der Waals surface area contributed by atoms with Crippen LogP contribution in [0.2, 0.25) is 0 Å². The first-order chi connectivity index (χ1) is 10.8. The van der Waals surface area contributed by atoms with Gasteiger partial charge in [0.25, 0.3) is 0 Å². The highest BCUT2D eigenvalue weighted by Crippen LogP contribution is 2.31. The van der Waals surface area contributed by atoms with E-state index in [-0.39, 0.29) is 18.3 Å². The molecule has 2 N–H and O–H groups in total. The summed E-state index contributed by atoms with van der Waals surface area (Å²) in [7, 11) is -1.93. The van der Waals surface area contributed by atoms with Crippen LogP contribution in [-0.4, -0.2) is 35.2 Å². The van der Waals surface area contributed by atoms with Crippen LogP contribution in [-0.2, 0) is 10.0 Å². The van der Waals surface area contributed by atoms with E-state index in [0.717, 1.165) is 36.4 Å². The Balaban J connectivity index is 0.00000288. The molecule has 136 valence electrons. The summed E-state index contributed by atoms with van der Waals surface area (Å²) in [5.74, 6) is 0.921. The van der Waals surface area contributed by atoms with E-state index >= 15 is 0 Å². The van der Waals surface area contributed by atoms with Crippen molar-refractivity contribution in [3.63, 3.8) is 0 Å². The molecule has 0 aromatic heterocycles. The van der Waals surface area contributed by atoms with Gasteiger partial charge >= 0.3 is 0 Å². The van der Waals surface area contributed by atoms with Crippen LogP contribution in [0.15, 0.2) is 28.7 Å². The fraction of sp³-hybridized carbons (Fsp3) is 0.529. The van der Waals surface area contributed by atoms with E-state index in [9.17, 15) is 8.42 Å². The molecule has 0 bridgehead atoms. The summed E-state index contributed by atoms with van der Waals surface area (Å²) in [6, 6.07) is 3.53. The smallest absolute Gasteiger partial charge is 0.241 e.